The number of thioether (sulfide) groups is 1. The van der Waals surface area contributed by atoms with E-state index in [-0.39, 0.29) is 0 Å². The Bertz CT molecular complexity index is 33.2. The van der Waals surface area contributed by atoms with E-state index >= 15 is 0 Å². The van der Waals surface area contributed by atoms with Gasteiger partial charge in [0, 0.05) is 0 Å². The fraction of sp³-hybridized carbons (Fsp3) is 0.833. The van der Waals surface area contributed by atoms with Crippen LogP contribution in [0.15, 0.2) is 0 Å². The van der Waals surface area contributed by atoms with Crippen LogP contribution in [0.25, 0.3) is 0 Å². The molecule has 0 heterocycles. The first-order valence-corrected chi connectivity index (χ1v) is 3.77. The van der Waals surface area contributed by atoms with E-state index in [1.54, 1.807) is 0 Å². The molecule has 44 valence electrons. The van der Waals surface area contributed by atoms with Crippen LogP contribution < -0.4 is 0 Å². The average Bonchev–Trinajstić information content (AvgIpc) is 1.61. The van der Waals surface area contributed by atoms with Gasteiger partial charge in [-0.3, -0.25) is 0 Å². The molecule has 0 N–H and O–H groups in total. The second kappa shape index (κ2) is 4.51. The van der Waals surface area contributed by atoms with Crippen LogP contribution in [-0.2, 0) is 0 Å². The van der Waals surface area contributed by atoms with Crippen molar-refractivity contribution in [2.75, 3.05) is 5.75 Å². The quantitative estimate of drug-likeness (QED) is 0.511. The summed E-state index contributed by atoms with van der Waals surface area (Å²) >= 11 is 1.92. The molecule has 0 spiro atoms. The van der Waals surface area contributed by atoms with Crippen molar-refractivity contribution in [3.63, 3.8) is 0 Å². The van der Waals surface area contributed by atoms with Gasteiger partial charge in [0.2, 0.25) is 0 Å². The number of rotatable bonds is 3. The SMILES string of the molecule is [CH2-]C(C)SCCC. The lowest BCUT2D eigenvalue weighted by atomic mass is 10.6. The molecule has 0 amide bonds. The van der Waals surface area contributed by atoms with E-state index < -0.39 is 0 Å². The van der Waals surface area contributed by atoms with E-state index in [4.69, 9.17) is 0 Å². The predicted octanol–water partition coefficient (Wildman–Crippen LogP) is 2.35. The van der Waals surface area contributed by atoms with Gasteiger partial charge in [-0.15, -0.1) is 5.25 Å². The Labute approximate surface area is 50.7 Å². The van der Waals surface area contributed by atoms with Gasteiger partial charge in [-0.25, -0.2) is 0 Å². The van der Waals surface area contributed by atoms with Gasteiger partial charge in [0.15, 0.2) is 0 Å². The minimum atomic E-state index is 0.569. The Kier molecular flexibility index (Phi) is 4.73. The van der Waals surface area contributed by atoms with Gasteiger partial charge in [0.25, 0.3) is 0 Å². The lowest BCUT2D eigenvalue weighted by molar-refractivity contribution is 1.09. The Hall–Kier alpha value is 0.350. The van der Waals surface area contributed by atoms with Crippen LogP contribution in [0.1, 0.15) is 20.3 Å². The van der Waals surface area contributed by atoms with Crippen molar-refractivity contribution in [1.29, 1.82) is 0 Å². The maximum atomic E-state index is 3.84. The maximum Gasteiger partial charge on any atom is -0.00935 e. The highest BCUT2D eigenvalue weighted by Gasteiger charge is 1.81. The van der Waals surface area contributed by atoms with E-state index in [0.717, 1.165) is 0 Å². The summed E-state index contributed by atoms with van der Waals surface area (Å²) in [5.41, 5.74) is 0. The molecule has 0 radical (unpaired) electrons. The maximum absolute atomic E-state index is 3.84. The molecule has 0 rings (SSSR count). The van der Waals surface area contributed by atoms with Crippen molar-refractivity contribution in [3.05, 3.63) is 6.92 Å². The lowest BCUT2D eigenvalue weighted by Crippen LogP contribution is -1.87. The zero-order valence-electron chi connectivity index (χ0n) is 5.11. The third kappa shape index (κ3) is 6.35. The smallest absolute Gasteiger partial charge is 0.00935 e. The number of hydrogen-bond acceptors (Lipinski definition) is 1. The monoisotopic (exact) mass is 117 g/mol. The average molecular weight is 117 g/mol. The fourth-order valence-corrected chi connectivity index (χ4v) is 0.957. The second-order valence-corrected chi connectivity index (χ2v) is 3.23. The van der Waals surface area contributed by atoms with Crippen molar-refractivity contribution < 1.29 is 0 Å². The van der Waals surface area contributed by atoms with Gasteiger partial charge in [0.05, 0.1) is 0 Å². The molecule has 0 saturated carbocycles. The van der Waals surface area contributed by atoms with Gasteiger partial charge in [-0.1, -0.05) is 13.8 Å². The molecule has 0 aromatic rings. The summed E-state index contributed by atoms with van der Waals surface area (Å²) in [5, 5.41) is 0.569. The zero-order valence-corrected chi connectivity index (χ0v) is 5.92. The fourth-order valence-electron chi connectivity index (χ4n) is 0.319. The van der Waals surface area contributed by atoms with Crippen LogP contribution in [0, 0.1) is 6.92 Å². The van der Waals surface area contributed by atoms with Crippen LogP contribution in [0.3, 0.4) is 0 Å². The Morgan fingerprint density at radius 3 is 2.43 bits per heavy atom. The van der Waals surface area contributed by atoms with E-state index in [9.17, 15) is 0 Å². The highest BCUT2D eigenvalue weighted by molar-refractivity contribution is 7.99. The summed E-state index contributed by atoms with van der Waals surface area (Å²) in [4.78, 5) is 0. The second-order valence-electron chi connectivity index (χ2n) is 1.68. The molecule has 1 heteroatoms. The topological polar surface area (TPSA) is 0 Å². The first-order valence-electron chi connectivity index (χ1n) is 2.72. The summed E-state index contributed by atoms with van der Waals surface area (Å²) in [6.45, 7) is 8.15. The zero-order chi connectivity index (χ0) is 5.70. The molecule has 1 atom stereocenters. The largest absolute Gasteiger partial charge is 0.331 e. The minimum Gasteiger partial charge on any atom is -0.331 e. The molecule has 0 aliphatic heterocycles. The summed E-state index contributed by atoms with van der Waals surface area (Å²) < 4.78 is 0. The van der Waals surface area contributed by atoms with Gasteiger partial charge in [-0.05, 0) is 12.2 Å². The Morgan fingerprint density at radius 1 is 1.71 bits per heavy atom. The summed E-state index contributed by atoms with van der Waals surface area (Å²) in [6, 6.07) is 0. The van der Waals surface area contributed by atoms with E-state index in [1.807, 2.05) is 11.8 Å². The third-order valence-electron chi connectivity index (χ3n) is 0.606. The first kappa shape index (κ1) is 7.35. The van der Waals surface area contributed by atoms with Crippen LogP contribution in [0.2, 0.25) is 0 Å². The van der Waals surface area contributed by atoms with E-state index in [1.165, 1.54) is 12.2 Å². The standard InChI is InChI=1S/C6H13S/c1-4-5-7-6(2)3/h6H,2,4-5H2,1,3H3/q-1. The Balaban J connectivity index is 2.68. The van der Waals surface area contributed by atoms with Crippen LogP contribution in [0.4, 0.5) is 0 Å². The molecule has 0 bridgehead atoms. The lowest BCUT2D eigenvalue weighted by Gasteiger charge is -2.07. The number of hydrogen-bond donors (Lipinski definition) is 0. The molecule has 0 aliphatic carbocycles. The van der Waals surface area contributed by atoms with Crippen LogP contribution >= 0.6 is 11.8 Å². The highest BCUT2D eigenvalue weighted by atomic mass is 32.2. The molecular formula is C6H13S-. The molecule has 0 saturated heterocycles. The normalized spacial score (nSPS) is 14.1. The summed E-state index contributed by atoms with van der Waals surface area (Å²) in [6.07, 6.45) is 1.27. The molecule has 0 aliphatic rings. The Morgan fingerprint density at radius 2 is 2.29 bits per heavy atom. The minimum absolute atomic E-state index is 0.569. The van der Waals surface area contributed by atoms with Crippen molar-refractivity contribution in [3.8, 4) is 0 Å². The van der Waals surface area contributed by atoms with Crippen molar-refractivity contribution >= 4 is 11.8 Å². The molecule has 0 nitrogen and oxygen atoms in total. The molecular weight excluding hydrogens is 104 g/mol. The molecule has 0 fully saturated rings. The van der Waals surface area contributed by atoms with Crippen molar-refractivity contribution in [2.24, 2.45) is 0 Å². The van der Waals surface area contributed by atoms with E-state index in [2.05, 4.69) is 20.8 Å². The summed E-state index contributed by atoms with van der Waals surface area (Å²) in [7, 11) is 0. The van der Waals surface area contributed by atoms with Gasteiger partial charge >= 0.3 is 0 Å². The third-order valence-corrected chi connectivity index (χ3v) is 1.82. The molecule has 7 heavy (non-hydrogen) atoms. The predicted molar refractivity (Wildman–Crippen MR) is 37.6 cm³/mol. The van der Waals surface area contributed by atoms with Crippen LogP contribution in [0.5, 0.6) is 0 Å². The van der Waals surface area contributed by atoms with Crippen molar-refractivity contribution in [2.45, 2.75) is 25.5 Å². The van der Waals surface area contributed by atoms with Crippen LogP contribution in [-0.4, -0.2) is 11.0 Å². The summed E-state index contributed by atoms with van der Waals surface area (Å²) in [5.74, 6) is 1.25. The molecule has 1 unspecified atom stereocenters. The van der Waals surface area contributed by atoms with Gasteiger partial charge < -0.3 is 6.92 Å². The first-order chi connectivity index (χ1) is 3.27. The van der Waals surface area contributed by atoms with E-state index in [0.29, 0.717) is 5.25 Å². The van der Waals surface area contributed by atoms with Gasteiger partial charge in [0.1, 0.15) is 0 Å². The van der Waals surface area contributed by atoms with Gasteiger partial charge in [-0.2, -0.15) is 11.8 Å². The van der Waals surface area contributed by atoms with Crippen molar-refractivity contribution in [1.82, 2.24) is 0 Å². The highest BCUT2D eigenvalue weighted by Crippen LogP contribution is 2.08. The molecule has 0 aromatic carbocycles. The molecule has 0 aromatic heterocycles.